The molecule has 7 nitrogen and oxygen atoms in total. The van der Waals surface area contributed by atoms with Gasteiger partial charge < -0.3 is 10.2 Å². The second-order valence-corrected chi connectivity index (χ2v) is 5.49. The maximum Gasteiger partial charge on any atom is 0.325 e. The zero-order chi connectivity index (χ0) is 14.8. The van der Waals surface area contributed by atoms with Crippen LogP contribution in [-0.4, -0.2) is 41.4 Å². The largest absolute Gasteiger partial charge is 0.341 e. The summed E-state index contributed by atoms with van der Waals surface area (Å²) in [4.78, 5) is 37.0. The molecule has 1 spiro atoms. The summed E-state index contributed by atoms with van der Waals surface area (Å²) in [6, 6.07) is 1.29. The smallest absolute Gasteiger partial charge is 0.325 e. The molecule has 0 atom stereocenters. The monoisotopic (exact) mass is 278 g/mol. The van der Waals surface area contributed by atoms with Crippen LogP contribution in [0.2, 0.25) is 0 Å². The van der Waals surface area contributed by atoms with Crippen molar-refractivity contribution in [3.63, 3.8) is 0 Å². The van der Waals surface area contributed by atoms with Gasteiger partial charge in [-0.2, -0.15) is 5.26 Å². The van der Waals surface area contributed by atoms with E-state index in [1.54, 1.807) is 6.07 Å². The number of hydrogen-bond donors (Lipinski definition) is 2. The van der Waals surface area contributed by atoms with Crippen molar-refractivity contribution in [2.75, 3.05) is 13.1 Å². The van der Waals surface area contributed by atoms with Crippen LogP contribution < -0.4 is 10.6 Å². The van der Waals surface area contributed by atoms with E-state index in [2.05, 4.69) is 17.6 Å². The average Bonchev–Trinajstić information content (AvgIpc) is 2.64. The number of nitrogens with one attached hydrogen (secondary N) is 2. The highest BCUT2D eigenvalue weighted by Crippen LogP contribution is 2.39. The first-order valence-electron chi connectivity index (χ1n) is 6.76. The van der Waals surface area contributed by atoms with Gasteiger partial charge in [0.05, 0.1) is 6.07 Å². The van der Waals surface area contributed by atoms with Gasteiger partial charge in [0, 0.05) is 0 Å². The van der Waals surface area contributed by atoms with Crippen molar-refractivity contribution in [3.8, 4) is 6.07 Å². The summed E-state index contributed by atoms with van der Waals surface area (Å²) in [6.45, 7) is 1.82. The summed E-state index contributed by atoms with van der Waals surface area (Å²) >= 11 is 0. The minimum absolute atomic E-state index is 0.105. The number of imide groups is 1. The Morgan fingerprint density at radius 1 is 1.50 bits per heavy atom. The number of carbonyl (C=O) groups is 3. The van der Waals surface area contributed by atoms with Gasteiger partial charge in [-0.25, -0.2) is 4.79 Å². The summed E-state index contributed by atoms with van der Waals surface area (Å²) in [7, 11) is 0. The Morgan fingerprint density at radius 2 is 2.15 bits per heavy atom. The van der Waals surface area contributed by atoms with E-state index in [9.17, 15) is 14.4 Å². The first-order chi connectivity index (χ1) is 9.49. The van der Waals surface area contributed by atoms with E-state index in [0.717, 1.165) is 12.8 Å². The van der Waals surface area contributed by atoms with Crippen LogP contribution in [0, 0.1) is 17.2 Å². The Balaban J connectivity index is 2.12. The predicted octanol–water partition coefficient (Wildman–Crippen LogP) is 0.127. The van der Waals surface area contributed by atoms with Crippen molar-refractivity contribution in [2.24, 2.45) is 5.92 Å². The third-order valence-electron chi connectivity index (χ3n) is 4.17. The Morgan fingerprint density at radius 3 is 2.75 bits per heavy atom. The normalized spacial score (nSPS) is 29.2. The second kappa shape index (κ2) is 5.49. The minimum atomic E-state index is -0.881. The molecule has 0 unspecified atom stereocenters. The highest BCUT2D eigenvalue weighted by molar-refractivity contribution is 6.08. The molecule has 0 aromatic heterocycles. The van der Waals surface area contributed by atoms with Crippen molar-refractivity contribution in [2.45, 2.75) is 38.1 Å². The van der Waals surface area contributed by atoms with Crippen LogP contribution in [0.25, 0.3) is 0 Å². The Kier molecular flexibility index (Phi) is 3.93. The molecule has 7 heteroatoms. The molecule has 4 amide bonds. The molecule has 2 N–H and O–H groups in total. The van der Waals surface area contributed by atoms with E-state index in [1.165, 1.54) is 4.90 Å². The van der Waals surface area contributed by atoms with Crippen LogP contribution in [-0.2, 0) is 9.59 Å². The zero-order valence-corrected chi connectivity index (χ0v) is 11.4. The van der Waals surface area contributed by atoms with Crippen molar-refractivity contribution >= 4 is 17.8 Å². The van der Waals surface area contributed by atoms with E-state index in [0.29, 0.717) is 18.8 Å². The SMILES string of the molecule is CC1CCC2(CC1)C(=O)NC(=O)N2CC(=O)NCC#N. The van der Waals surface area contributed by atoms with E-state index < -0.39 is 17.5 Å². The number of nitrogens with zero attached hydrogens (tertiary/aromatic N) is 2. The topological polar surface area (TPSA) is 102 Å². The van der Waals surface area contributed by atoms with Gasteiger partial charge in [0.25, 0.3) is 5.91 Å². The average molecular weight is 278 g/mol. The maximum atomic E-state index is 12.1. The second-order valence-electron chi connectivity index (χ2n) is 5.49. The molecule has 0 aromatic carbocycles. The Hall–Kier alpha value is -2.10. The van der Waals surface area contributed by atoms with Gasteiger partial charge in [0.15, 0.2) is 0 Å². The van der Waals surface area contributed by atoms with Crippen molar-refractivity contribution in [3.05, 3.63) is 0 Å². The first kappa shape index (κ1) is 14.3. The van der Waals surface area contributed by atoms with Crippen molar-refractivity contribution in [1.82, 2.24) is 15.5 Å². The lowest BCUT2D eigenvalue weighted by Crippen LogP contribution is -2.54. The summed E-state index contributed by atoms with van der Waals surface area (Å²) in [5.74, 6) is -0.199. The van der Waals surface area contributed by atoms with Gasteiger partial charge >= 0.3 is 6.03 Å². The third-order valence-corrected chi connectivity index (χ3v) is 4.17. The van der Waals surface area contributed by atoms with Crippen molar-refractivity contribution in [1.29, 1.82) is 5.26 Å². The van der Waals surface area contributed by atoms with Gasteiger partial charge in [-0.15, -0.1) is 0 Å². The number of urea groups is 1. The molecule has 2 fully saturated rings. The summed E-state index contributed by atoms with van der Waals surface area (Å²) in [5, 5.41) is 13.1. The molecule has 108 valence electrons. The molecule has 1 aliphatic heterocycles. The fourth-order valence-electron chi connectivity index (χ4n) is 2.90. The van der Waals surface area contributed by atoms with E-state index in [1.807, 2.05) is 0 Å². The lowest BCUT2D eigenvalue weighted by atomic mass is 9.76. The van der Waals surface area contributed by atoms with Crippen LogP contribution >= 0.6 is 0 Å². The zero-order valence-electron chi connectivity index (χ0n) is 11.4. The van der Waals surface area contributed by atoms with Crippen LogP contribution in [0.5, 0.6) is 0 Å². The van der Waals surface area contributed by atoms with E-state index >= 15 is 0 Å². The van der Waals surface area contributed by atoms with Crippen LogP contribution in [0.15, 0.2) is 0 Å². The fraction of sp³-hybridized carbons (Fsp3) is 0.692. The van der Waals surface area contributed by atoms with Gasteiger partial charge in [-0.1, -0.05) is 6.92 Å². The number of nitriles is 1. The Bertz CT molecular complexity index is 474. The molecule has 20 heavy (non-hydrogen) atoms. The number of rotatable bonds is 3. The highest BCUT2D eigenvalue weighted by Gasteiger charge is 2.54. The van der Waals surface area contributed by atoms with Gasteiger partial charge in [-0.3, -0.25) is 14.9 Å². The molecule has 2 rings (SSSR count). The molecule has 0 radical (unpaired) electrons. The van der Waals surface area contributed by atoms with Gasteiger partial charge in [0.2, 0.25) is 5.91 Å². The highest BCUT2D eigenvalue weighted by atomic mass is 16.2. The number of carbonyl (C=O) groups excluding carboxylic acids is 3. The number of hydrogen-bond acceptors (Lipinski definition) is 4. The fourth-order valence-corrected chi connectivity index (χ4v) is 2.90. The molecule has 2 aliphatic rings. The van der Waals surface area contributed by atoms with E-state index in [4.69, 9.17) is 5.26 Å². The quantitative estimate of drug-likeness (QED) is 0.565. The summed E-state index contributed by atoms with van der Waals surface area (Å²) in [5.41, 5.74) is -0.881. The molecule has 0 bridgehead atoms. The van der Waals surface area contributed by atoms with Crippen LogP contribution in [0.1, 0.15) is 32.6 Å². The minimum Gasteiger partial charge on any atom is -0.341 e. The Labute approximate surface area is 117 Å². The standard InChI is InChI=1S/C13H18N4O3/c1-9-2-4-13(5-3-9)11(19)16-12(20)17(13)8-10(18)15-7-6-14/h9H,2-5,7-8H2,1H3,(H,15,18)(H,16,19,20). The third kappa shape index (κ3) is 2.46. The maximum absolute atomic E-state index is 12.1. The first-order valence-corrected chi connectivity index (χ1v) is 6.76. The molecular formula is C13H18N4O3. The number of amides is 4. The molecule has 1 saturated heterocycles. The van der Waals surface area contributed by atoms with Crippen molar-refractivity contribution < 1.29 is 14.4 Å². The van der Waals surface area contributed by atoms with E-state index in [-0.39, 0.29) is 19.0 Å². The lowest BCUT2D eigenvalue weighted by molar-refractivity contribution is -0.130. The summed E-state index contributed by atoms with van der Waals surface area (Å²) < 4.78 is 0. The van der Waals surface area contributed by atoms with Crippen LogP contribution in [0.3, 0.4) is 0 Å². The molecular weight excluding hydrogens is 260 g/mol. The van der Waals surface area contributed by atoms with Gasteiger partial charge in [-0.05, 0) is 31.6 Å². The predicted molar refractivity (Wildman–Crippen MR) is 69.2 cm³/mol. The molecule has 1 aliphatic carbocycles. The molecule has 1 heterocycles. The molecule has 1 saturated carbocycles. The molecule has 0 aromatic rings. The summed E-state index contributed by atoms with van der Waals surface area (Å²) in [6.07, 6.45) is 2.88. The lowest BCUT2D eigenvalue weighted by Gasteiger charge is -2.39. The van der Waals surface area contributed by atoms with Gasteiger partial charge in [0.1, 0.15) is 18.6 Å². The van der Waals surface area contributed by atoms with Crippen LogP contribution in [0.4, 0.5) is 4.79 Å².